The maximum atomic E-state index is 12.0. The van der Waals surface area contributed by atoms with Gasteiger partial charge in [0.25, 0.3) is 0 Å². The molecule has 100 valence electrons. The first kappa shape index (κ1) is 12.9. The smallest absolute Gasteiger partial charge is 0.343 e. The fourth-order valence-corrected chi connectivity index (χ4v) is 2.20. The molecule has 0 amide bonds. The van der Waals surface area contributed by atoms with Gasteiger partial charge >= 0.3 is 5.97 Å². The lowest BCUT2D eigenvalue weighted by molar-refractivity contribution is 0.0735. The second kappa shape index (κ2) is 5.09. The molecule has 0 aliphatic carbocycles. The normalized spacial score (nSPS) is 10.7. The van der Waals surface area contributed by atoms with Gasteiger partial charge in [-0.3, -0.25) is 0 Å². The molecule has 0 aliphatic rings. The monoisotopic (exact) mass is 330 g/mol. The van der Waals surface area contributed by atoms with E-state index in [1.54, 1.807) is 42.7 Å². The van der Waals surface area contributed by atoms with Gasteiger partial charge in [0.2, 0.25) is 0 Å². The number of rotatable bonds is 2. The molecular formula is C15H11BrN2O2. The largest absolute Gasteiger partial charge is 0.423 e. The number of hydrogen-bond donors (Lipinski definition) is 0. The third-order valence-corrected chi connectivity index (χ3v) is 3.52. The number of benzene rings is 2. The molecular weight excluding hydrogens is 320 g/mol. The minimum atomic E-state index is -0.382. The lowest BCUT2D eigenvalue weighted by Gasteiger charge is -2.04. The Morgan fingerprint density at radius 2 is 1.95 bits per heavy atom. The molecule has 0 saturated carbocycles. The van der Waals surface area contributed by atoms with Crippen molar-refractivity contribution in [3.8, 4) is 5.75 Å². The fourth-order valence-electron chi connectivity index (χ4n) is 1.93. The minimum absolute atomic E-state index is 0.382. The average Bonchev–Trinajstić information content (AvgIpc) is 2.81. The molecule has 4 nitrogen and oxygen atoms in total. The van der Waals surface area contributed by atoms with Crippen molar-refractivity contribution in [3.05, 3.63) is 58.8 Å². The number of aryl methyl sites for hydroxylation is 1. The Bertz CT molecular complexity index is 778. The Morgan fingerprint density at radius 3 is 2.70 bits per heavy atom. The van der Waals surface area contributed by atoms with Crippen molar-refractivity contribution in [1.29, 1.82) is 0 Å². The van der Waals surface area contributed by atoms with Crippen LogP contribution in [0.4, 0.5) is 0 Å². The van der Waals surface area contributed by atoms with Crippen LogP contribution in [0.25, 0.3) is 11.0 Å². The van der Waals surface area contributed by atoms with Gasteiger partial charge < -0.3 is 9.30 Å². The van der Waals surface area contributed by atoms with Gasteiger partial charge in [0.1, 0.15) is 5.75 Å². The van der Waals surface area contributed by atoms with Crippen LogP contribution < -0.4 is 4.74 Å². The van der Waals surface area contributed by atoms with Crippen molar-refractivity contribution >= 4 is 32.9 Å². The van der Waals surface area contributed by atoms with Crippen LogP contribution >= 0.6 is 15.9 Å². The highest BCUT2D eigenvalue weighted by Gasteiger charge is 2.09. The summed E-state index contributed by atoms with van der Waals surface area (Å²) in [5.41, 5.74) is 2.30. The molecule has 3 aromatic rings. The van der Waals surface area contributed by atoms with E-state index in [9.17, 15) is 4.79 Å². The molecule has 0 N–H and O–H groups in total. The van der Waals surface area contributed by atoms with Gasteiger partial charge in [-0.1, -0.05) is 15.9 Å². The second-order valence-electron chi connectivity index (χ2n) is 4.40. The molecule has 0 bridgehead atoms. The molecule has 1 heterocycles. The number of aromatic nitrogens is 2. The number of carbonyl (C=O) groups is 1. The van der Waals surface area contributed by atoms with Crippen LogP contribution in [0.2, 0.25) is 0 Å². The van der Waals surface area contributed by atoms with Gasteiger partial charge in [-0.15, -0.1) is 0 Å². The first-order valence-corrected chi connectivity index (χ1v) is 6.81. The highest BCUT2D eigenvalue weighted by molar-refractivity contribution is 9.10. The molecule has 2 aromatic carbocycles. The van der Waals surface area contributed by atoms with Crippen LogP contribution in [0.5, 0.6) is 5.75 Å². The number of carbonyl (C=O) groups excluding carboxylic acids is 1. The molecule has 0 saturated heterocycles. The van der Waals surface area contributed by atoms with Gasteiger partial charge in [0, 0.05) is 17.6 Å². The summed E-state index contributed by atoms with van der Waals surface area (Å²) in [4.78, 5) is 16.2. The number of hydrogen-bond acceptors (Lipinski definition) is 3. The lowest BCUT2D eigenvalue weighted by Crippen LogP contribution is -2.08. The van der Waals surface area contributed by atoms with E-state index < -0.39 is 0 Å². The summed E-state index contributed by atoms with van der Waals surface area (Å²) in [5, 5.41) is 0. The Labute approximate surface area is 124 Å². The molecule has 20 heavy (non-hydrogen) atoms. The van der Waals surface area contributed by atoms with E-state index in [2.05, 4.69) is 20.9 Å². The Balaban J connectivity index is 1.85. The van der Waals surface area contributed by atoms with Crippen molar-refractivity contribution in [2.45, 2.75) is 0 Å². The third-order valence-electron chi connectivity index (χ3n) is 2.99. The molecule has 1 aromatic heterocycles. The zero-order valence-electron chi connectivity index (χ0n) is 10.7. The number of fused-ring (bicyclic) bond motifs is 1. The van der Waals surface area contributed by atoms with Gasteiger partial charge in [-0.2, -0.15) is 0 Å². The van der Waals surface area contributed by atoms with Crippen molar-refractivity contribution in [2.24, 2.45) is 7.05 Å². The maximum Gasteiger partial charge on any atom is 0.343 e. The lowest BCUT2D eigenvalue weighted by atomic mass is 10.2. The van der Waals surface area contributed by atoms with Crippen LogP contribution in [0.1, 0.15) is 10.4 Å². The van der Waals surface area contributed by atoms with Gasteiger partial charge in [0.05, 0.1) is 22.9 Å². The Kier molecular flexibility index (Phi) is 3.28. The molecule has 5 heteroatoms. The summed E-state index contributed by atoms with van der Waals surface area (Å²) in [7, 11) is 1.92. The first-order chi connectivity index (χ1) is 9.63. The highest BCUT2D eigenvalue weighted by Crippen LogP contribution is 2.20. The van der Waals surface area contributed by atoms with E-state index >= 15 is 0 Å². The average molecular weight is 331 g/mol. The summed E-state index contributed by atoms with van der Waals surface area (Å²) in [6.45, 7) is 0. The summed E-state index contributed by atoms with van der Waals surface area (Å²) in [6.07, 6.45) is 1.73. The van der Waals surface area contributed by atoms with Crippen molar-refractivity contribution in [3.63, 3.8) is 0 Å². The number of halogens is 1. The van der Waals surface area contributed by atoms with Crippen molar-refractivity contribution in [1.82, 2.24) is 9.55 Å². The summed E-state index contributed by atoms with van der Waals surface area (Å²) in [5.74, 6) is 0.108. The van der Waals surface area contributed by atoms with Crippen molar-refractivity contribution in [2.75, 3.05) is 0 Å². The van der Waals surface area contributed by atoms with Crippen LogP contribution in [-0.4, -0.2) is 15.5 Å². The number of ether oxygens (including phenoxy) is 1. The predicted octanol–water partition coefficient (Wildman–Crippen LogP) is 3.56. The Morgan fingerprint density at radius 1 is 1.20 bits per heavy atom. The van der Waals surface area contributed by atoms with Crippen LogP contribution in [-0.2, 0) is 7.05 Å². The Hall–Kier alpha value is -2.14. The number of esters is 1. The first-order valence-electron chi connectivity index (χ1n) is 6.02. The molecule has 0 atom stereocenters. The maximum absolute atomic E-state index is 12.0. The van der Waals surface area contributed by atoms with E-state index in [0.717, 1.165) is 15.5 Å². The molecule has 0 aliphatic heterocycles. The van der Waals surface area contributed by atoms with E-state index in [4.69, 9.17) is 4.74 Å². The fraction of sp³-hybridized carbons (Fsp3) is 0.0667. The van der Waals surface area contributed by atoms with E-state index in [1.165, 1.54) is 0 Å². The van der Waals surface area contributed by atoms with Crippen molar-refractivity contribution < 1.29 is 9.53 Å². The SMILES string of the molecule is Cn1cnc2cc(OC(=O)c3ccc(Br)cc3)ccc21. The van der Waals surface area contributed by atoms with E-state index in [0.29, 0.717) is 11.3 Å². The quantitative estimate of drug-likeness (QED) is 0.533. The molecule has 0 spiro atoms. The summed E-state index contributed by atoms with van der Waals surface area (Å²) >= 11 is 3.33. The highest BCUT2D eigenvalue weighted by atomic mass is 79.9. The molecule has 0 unspecified atom stereocenters. The predicted molar refractivity (Wildman–Crippen MR) is 79.8 cm³/mol. The molecule has 0 radical (unpaired) electrons. The van der Waals surface area contributed by atoms with Gasteiger partial charge in [-0.25, -0.2) is 9.78 Å². The number of imidazole rings is 1. The zero-order valence-corrected chi connectivity index (χ0v) is 12.3. The third kappa shape index (κ3) is 2.44. The van der Waals surface area contributed by atoms with Crippen LogP contribution in [0.15, 0.2) is 53.3 Å². The summed E-state index contributed by atoms with van der Waals surface area (Å²) in [6, 6.07) is 12.4. The topological polar surface area (TPSA) is 44.1 Å². The van der Waals surface area contributed by atoms with Crippen LogP contribution in [0.3, 0.4) is 0 Å². The minimum Gasteiger partial charge on any atom is -0.423 e. The van der Waals surface area contributed by atoms with Gasteiger partial charge in [-0.05, 0) is 36.4 Å². The second-order valence-corrected chi connectivity index (χ2v) is 5.32. The number of nitrogens with zero attached hydrogens (tertiary/aromatic N) is 2. The van der Waals surface area contributed by atoms with Gasteiger partial charge in [0.15, 0.2) is 0 Å². The molecule has 0 fully saturated rings. The summed E-state index contributed by atoms with van der Waals surface area (Å²) < 4.78 is 8.19. The van der Waals surface area contributed by atoms with E-state index in [-0.39, 0.29) is 5.97 Å². The molecule has 3 rings (SSSR count). The van der Waals surface area contributed by atoms with Crippen LogP contribution in [0, 0.1) is 0 Å². The standard InChI is InChI=1S/C15H11BrN2O2/c1-18-9-17-13-8-12(6-7-14(13)18)20-15(19)10-2-4-11(16)5-3-10/h2-9H,1H3. The van der Waals surface area contributed by atoms with E-state index in [1.807, 2.05) is 17.7 Å². The zero-order chi connectivity index (χ0) is 14.1.